The summed E-state index contributed by atoms with van der Waals surface area (Å²) in [6.45, 7) is 19.4. The van der Waals surface area contributed by atoms with E-state index in [1.54, 1.807) is 18.2 Å². The third-order valence-electron chi connectivity index (χ3n) is 1.78. The smallest absolute Gasteiger partial charge is 0 e. The summed E-state index contributed by atoms with van der Waals surface area (Å²) in [5.74, 6) is -0.387. The Kier molecular flexibility index (Phi) is 23.0. The van der Waals surface area contributed by atoms with Gasteiger partial charge in [-0.15, -0.1) is 0 Å². The largest absolute Gasteiger partial charge is 0 e. The molecule has 0 N–H and O–H groups in total. The monoisotopic (exact) mass is 359 g/mol. The minimum Gasteiger partial charge on any atom is 0 e. The summed E-state index contributed by atoms with van der Waals surface area (Å²) >= 11 is 0. The van der Waals surface area contributed by atoms with Crippen LogP contribution in [0, 0.1) is 37.1 Å². The SMILES string of the molecule is C[Si](C)(C)O[C@@H](C#N)c1ccccc1F.[C-]#[O+].[C-]#[O+].[C-]#[O+].[Cr]. The topological polar surface area (TPSA) is 92.7 Å². The van der Waals surface area contributed by atoms with Gasteiger partial charge in [-0.3, -0.25) is 0 Å². The number of hydrogen-bond acceptors (Lipinski definition) is 2. The van der Waals surface area contributed by atoms with Gasteiger partial charge in [-0.1, -0.05) is 18.2 Å². The van der Waals surface area contributed by atoms with Gasteiger partial charge in [0.1, 0.15) is 5.82 Å². The van der Waals surface area contributed by atoms with Gasteiger partial charge in [0.15, 0.2) is 14.4 Å². The Hall–Kier alpha value is -1.43. The zero-order chi connectivity index (χ0) is 17.5. The van der Waals surface area contributed by atoms with Gasteiger partial charge in [0.05, 0.1) is 6.07 Å². The number of rotatable bonds is 3. The van der Waals surface area contributed by atoms with E-state index in [-0.39, 0.29) is 23.2 Å². The second-order valence-corrected chi connectivity index (χ2v) is 8.72. The van der Waals surface area contributed by atoms with E-state index in [2.05, 4.69) is 20.0 Å². The summed E-state index contributed by atoms with van der Waals surface area (Å²) in [4.78, 5) is 0. The first kappa shape index (κ1) is 28.7. The Labute approximate surface area is 141 Å². The quantitative estimate of drug-likeness (QED) is 0.471. The minimum atomic E-state index is -1.84. The second-order valence-electron chi connectivity index (χ2n) is 4.26. The van der Waals surface area contributed by atoms with Crippen LogP contribution in [0.25, 0.3) is 0 Å². The molecule has 8 heteroatoms. The van der Waals surface area contributed by atoms with Crippen LogP contribution < -0.4 is 0 Å². The predicted molar refractivity (Wildman–Crippen MR) is 71.0 cm³/mol. The van der Waals surface area contributed by atoms with Crippen molar-refractivity contribution in [3.05, 3.63) is 55.6 Å². The maximum absolute atomic E-state index is 13.4. The van der Waals surface area contributed by atoms with Crippen molar-refractivity contribution in [1.29, 1.82) is 5.26 Å². The van der Waals surface area contributed by atoms with Crippen molar-refractivity contribution in [2.75, 3.05) is 0 Å². The normalized spacial score (nSPS) is 9.32. The molecule has 1 rings (SSSR count). The van der Waals surface area contributed by atoms with E-state index in [1.165, 1.54) is 6.07 Å². The molecule has 0 amide bonds. The number of nitriles is 1. The molecule has 0 heterocycles. The van der Waals surface area contributed by atoms with Gasteiger partial charge in [0.25, 0.3) is 0 Å². The molecule has 0 unspecified atom stereocenters. The molecule has 1 aromatic rings. The molecule has 0 fully saturated rings. The van der Waals surface area contributed by atoms with Crippen LogP contribution in [0.15, 0.2) is 24.3 Å². The van der Waals surface area contributed by atoms with E-state index in [4.69, 9.17) is 23.6 Å². The molecule has 0 spiro atoms. The van der Waals surface area contributed by atoms with Crippen LogP contribution in [0.2, 0.25) is 19.6 Å². The Morgan fingerprint density at radius 1 is 1.09 bits per heavy atom. The summed E-state index contributed by atoms with van der Waals surface area (Å²) in [6, 6.07) is 8.22. The first-order valence-corrected chi connectivity index (χ1v) is 8.78. The van der Waals surface area contributed by atoms with E-state index in [0.717, 1.165) is 0 Å². The minimum absolute atomic E-state index is 0. The molecule has 5 nitrogen and oxygen atoms in total. The van der Waals surface area contributed by atoms with Gasteiger partial charge in [-0.05, 0) is 25.7 Å². The summed E-state index contributed by atoms with van der Waals surface area (Å²) in [5, 5.41) is 8.95. The summed E-state index contributed by atoms with van der Waals surface area (Å²) in [7, 11) is -1.84. The zero-order valence-electron chi connectivity index (χ0n) is 12.3. The fourth-order valence-electron chi connectivity index (χ4n) is 1.20. The molecular weight excluding hydrogens is 345 g/mol. The van der Waals surface area contributed by atoms with Crippen molar-refractivity contribution in [1.82, 2.24) is 0 Å². The van der Waals surface area contributed by atoms with Gasteiger partial charge in [0.2, 0.25) is 0 Å². The number of benzene rings is 1. The van der Waals surface area contributed by atoms with Gasteiger partial charge >= 0.3 is 33.9 Å². The molecule has 22 heavy (non-hydrogen) atoms. The maximum Gasteiger partial charge on any atom is 0 e. The van der Waals surface area contributed by atoms with Crippen LogP contribution in [-0.2, 0) is 35.7 Å². The summed E-state index contributed by atoms with van der Waals surface area (Å²) in [6.07, 6.45) is -0.794. The molecule has 0 aliphatic carbocycles. The maximum atomic E-state index is 13.4. The Bertz CT molecular complexity index is 492. The molecule has 0 saturated heterocycles. The third-order valence-corrected chi connectivity index (χ3v) is 2.72. The van der Waals surface area contributed by atoms with Gasteiger partial charge < -0.3 is 4.43 Å². The molecule has 0 aliphatic rings. The molecule has 0 aliphatic heterocycles. The molecule has 1 aromatic carbocycles. The van der Waals surface area contributed by atoms with Crippen molar-refractivity contribution in [3.8, 4) is 6.07 Å². The number of hydrogen-bond donors (Lipinski definition) is 0. The van der Waals surface area contributed by atoms with Crippen LogP contribution >= 0.6 is 0 Å². The fourth-order valence-corrected chi connectivity index (χ4v) is 2.09. The molecule has 116 valence electrons. The third kappa shape index (κ3) is 13.5. The molecule has 1 atom stereocenters. The first-order chi connectivity index (χ1) is 9.94. The van der Waals surface area contributed by atoms with Crippen molar-refractivity contribution >= 4 is 8.32 Å². The van der Waals surface area contributed by atoms with Gasteiger partial charge in [0, 0.05) is 22.9 Å². The Morgan fingerprint density at radius 2 is 1.50 bits per heavy atom. The number of halogens is 1. The van der Waals surface area contributed by atoms with Crippen molar-refractivity contribution in [2.45, 2.75) is 25.7 Å². The van der Waals surface area contributed by atoms with Crippen LogP contribution in [0.3, 0.4) is 0 Å². The summed E-state index contributed by atoms with van der Waals surface area (Å²) in [5.41, 5.74) is 0.322. The van der Waals surface area contributed by atoms with Crippen LogP contribution in [0.5, 0.6) is 0 Å². The van der Waals surface area contributed by atoms with E-state index in [1.807, 2.05) is 25.7 Å². The van der Waals surface area contributed by atoms with Crippen LogP contribution in [-0.4, -0.2) is 8.32 Å². The van der Waals surface area contributed by atoms with E-state index in [0.29, 0.717) is 5.56 Å². The summed E-state index contributed by atoms with van der Waals surface area (Å²) < 4.78 is 41.5. The van der Waals surface area contributed by atoms with Crippen molar-refractivity contribution in [3.63, 3.8) is 0 Å². The molecule has 0 radical (unpaired) electrons. The predicted octanol–water partition coefficient (Wildman–Crippen LogP) is 3.13. The number of nitrogens with zero attached hydrogens (tertiary/aromatic N) is 1. The molecule has 0 saturated carbocycles. The van der Waals surface area contributed by atoms with Crippen LogP contribution in [0.1, 0.15) is 11.7 Å². The second kappa shape index (κ2) is 17.6. The molecular formula is C14H14CrFNO4Si. The Balaban J connectivity index is -0.000000206. The Morgan fingerprint density at radius 3 is 1.82 bits per heavy atom. The average molecular weight is 359 g/mol. The van der Waals surface area contributed by atoms with E-state index in [9.17, 15) is 4.39 Å². The van der Waals surface area contributed by atoms with Crippen LogP contribution in [0.4, 0.5) is 4.39 Å². The first-order valence-electron chi connectivity index (χ1n) is 5.37. The van der Waals surface area contributed by atoms with E-state index >= 15 is 0 Å². The average Bonchev–Trinajstić information content (AvgIpc) is 2.51. The van der Waals surface area contributed by atoms with Crippen molar-refractivity contribution < 1.29 is 40.1 Å². The standard InChI is InChI=1S/C11H14FNOSi.3CO.Cr/c1-15(2,3)14-11(8-13)9-6-4-5-7-10(9)12;3*1-2;/h4-7,11H,1-3H3;;;;/t11-;;;;/m0..../s1. The van der Waals surface area contributed by atoms with Crippen molar-refractivity contribution in [2.24, 2.45) is 0 Å². The molecule has 0 aromatic heterocycles. The van der Waals surface area contributed by atoms with Gasteiger partial charge in [-0.2, -0.15) is 5.26 Å². The van der Waals surface area contributed by atoms with Gasteiger partial charge in [-0.25, -0.2) is 4.39 Å². The zero-order valence-corrected chi connectivity index (χ0v) is 14.5. The molecule has 0 bridgehead atoms. The van der Waals surface area contributed by atoms with E-state index < -0.39 is 14.4 Å². The fraction of sp³-hybridized carbons (Fsp3) is 0.286.